The van der Waals surface area contributed by atoms with E-state index in [0.717, 1.165) is 60.5 Å². The first kappa shape index (κ1) is 48.5. The lowest BCUT2D eigenvalue weighted by Crippen LogP contribution is -2.48. The number of ether oxygens (including phenoxy) is 4. The van der Waals surface area contributed by atoms with Gasteiger partial charge in [0.1, 0.15) is 30.6 Å². The molecule has 0 aromatic heterocycles. The minimum absolute atomic E-state index is 0.0188. The molecule has 1 aliphatic heterocycles. The van der Waals surface area contributed by atoms with Gasteiger partial charge in [-0.15, -0.1) is 0 Å². The summed E-state index contributed by atoms with van der Waals surface area (Å²) < 4.78 is 53.3. The lowest BCUT2D eigenvalue weighted by Gasteiger charge is -2.29. The van der Waals surface area contributed by atoms with Crippen LogP contribution in [0.2, 0.25) is 0 Å². The number of guanidine groups is 1. The fraction of sp³-hybridized carbons (Fsp3) is 0.358. The van der Waals surface area contributed by atoms with Crippen LogP contribution in [-0.2, 0) is 35.4 Å². The Kier molecular flexibility index (Phi) is 14.3. The fourth-order valence-corrected chi connectivity index (χ4v) is 11.5. The summed E-state index contributed by atoms with van der Waals surface area (Å²) in [6.45, 7) is 9.24. The lowest BCUT2D eigenvalue weighted by atomic mass is 9.94. The molecule has 69 heavy (non-hydrogen) atoms. The SMILES string of the molecule is Cc1c(C)c(S(=O)(=O)NC(=N)NCCC[C@@H](C(=O)O)N(CCOCCNC(=O)OCC2c3ccccc3-c3ccccc32)C(=O)OCC2c3ccccc3-c3ccccc32)c(C)c2c1OC(C)(C)C2. The molecule has 0 spiro atoms. The zero-order chi connectivity index (χ0) is 49.0. The van der Waals surface area contributed by atoms with Gasteiger partial charge in [-0.2, -0.15) is 0 Å². The second-order valence-corrected chi connectivity index (χ2v) is 19.9. The summed E-state index contributed by atoms with van der Waals surface area (Å²) in [6, 6.07) is 30.6. The van der Waals surface area contributed by atoms with Gasteiger partial charge in [0.15, 0.2) is 0 Å². The number of rotatable bonds is 18. The van der Waals surface area contributed by atoms with Gasteiger partial charge in [-0.1, -0.05) is 97.1 Å². The maximum Gasteiger partial charge on any atom is 0.410 e. The Morgan fingerprint density at radius 3 is 1.81 bits per heavy atom. The molecule has 5 aromatic carbocycles. The quantitative estimate of drug-likeness (QED) is 0.0322. The topological polar surface area (TPSA) is 206 Å². The molecule has 0 saturated heterocycles. The number of carbonyl (C=O) groups excluding carboxylic acids is 2. The van der Waals surface area contributed by atoms with Crippen molar-refractivity contribution in [1.82, 2.24) is 20.3 Å². The van der Waals surface area contributed by atoms with E-state index in [4.69, 9.17) is 24.4 Å². The summed E-state index contributed by atoms with van der Waals surface area (Å²) in [6.07, 6.45) is -0.834. The number of hydrogen-bond donors (Lipinski definition) is 5. The van der Waals surface area contributed by atoms with Crippen LogP contribution in [0.1, 0.15) is 83.0 Å². The van der Waals surface area contributed by atoms with Crippen molar-refractivity contribution in [3.05, 3.63) is 142 Å². The second kappa shape index (κ2) is 20.4. The summed E-state index contributed by atoms with van der Waals surface area (Å²) in [5.41, 5.74) is 10.7. The largest absolute Gasteiger partial charge is 0.487 e. The van der Waals surface area contributed by atoms with Crippen molar-refractivity contribution in [2.24, 2.45) is 0 Å². The van der Waals surface area contributed by atoms with Crippen molar-refractivity contribution in [3.63, 3.8) is 0 Å². The fourth-order valence-electron chi connectivity index (χ4n) is 9.98. The van der Waals surface area contributed by atoms with E-state index < -0.39 is 45.8 Å². The number of carboxylic acids is 1. The third-order valence-corrected chi connectivity index (χ3v) is 14.9. The van der Waals surface area contributed by atoms with Crippen molar-refractivity contribution < 1.29 is 46.9 Å². The summed E-state index contributed by atoms with van der Waals surface area (Å²) in [4.78, 5) is 40.9. The number of hydrogen-bond acceptors (Lipinski definition) is 10. The van der Waals surface area contributed by atoms with Crippen LogP contribution >= 0.6 is 0 Å². The van der Waals surface area contributed by atoms with Crippen LogP contribution in [0.3, 0.4) is 0 Å². The van der Waals surface area contributed by atoms with E-state index in [0.29, 0.717) is 23.3 Å². The molecule has 5 aromatic rings. The Morgan fingerprint density at radius 1 is 0.754 bits per heavy atom. The minimum atomic E-state index is -4.19. The molecule has 0 fully saturated rings. The molecular formula is C53H59N5O10S. The van der Waals surface area contributed by atoms with Crippen LogP contribution in [0.5, 0.6) is 5.75 Å². The van der Waals surface area contributed by atoms with Crippen LogP contribution in [0.25, 0.3) is 22.3 Å². The van der Waals surface area contributed by atoms with Crippen molar-refractivity contribution in [2.45, 2.75) is 82.3 Å². The Morgan fingerprint density at radius 2 is 1.28 bits per heavy atom. The van der Waals surface area contributed by atoms with Crippen LogP contribution in [0.4, 0.5) is 9.59 Å². The Bertz CT molecular complexity index is 2810. The molecule has 2 aliphatic carbocycles. The van der Waals surface area contributed by atoms with E-state index >= 15 is 0 Å². The predicted octanol–water partition coefficient (Wildman–Crippen LogP) is 8.17. The summed E-state index contributed by atoms with van der Waals surface area (Å²) >= 11 is 0. The molecule has 0 saturated carbocycles. The summed E-state index contributed by atoms with van der Waals surface area (Å²) in [7, 11) is -4.19. The number of amides is 2. The number of carboxylic acid groups (broad SMARTS) is 1. The molecule has 3 aliphatic rings. The average Bonchev–Trinajstić information content (AvgIpc) is 3.95. The molecule has 5 N–H and O–H groups in total. The highest BCUT2D eigenvalue weighted by atomic mass is 32.2. The van der Waals surface area contributed by atoms with Crippen LogP contribution < -0.4 is 20.1 Å². The number of carbonyl (C=O) groups is 3. The lowest BCUT2D eigenvalue weighted by molar-refractivity contribution is -0.143. The number of sulfonamides is 1. The molecule has 2 amide bonds. The normalized spacial score (nSPS) is 14.6. The maximum absolute atomic E-state index is 14.0. The van der Waals surface area contributed by atoms with Gasteiger partial charge in [0, 0.05) is 43.5 Å². The average molecular weight is 958 g/mol. The third-order valence-electron chi connectivity index (χ3n) is 13.3. The second-order valence-electron chi connectivity index (χ2n) is 18.3. The van der Waals surface area contributed by atoms with E-state index in [1.165, 1.54) is 0 Å². The molecule has 0 bridgehead atoms. The molecule has 0 unspecified atom stereocenters. The van der Waals surface area contributed by atoms with E-state index in [1.807, 2.05) is 106 Å². The standard InChI is InChI=1S/C53H59N5O10S/c1-32-33(2)48(34(3)43-29-53(4,5)68-47(32)43)69(63,64)57-50(54)55-24-14-23-46(49(59)60)58(52(62)67-31-45-41-21-12-8-17-37(41)38-18-9-13-22-42(38)45)26-28-65-27-25-56-51(61)66-30-44-39-19-10-6-15-35(39)36-16-7-11-20-40(36)44/h6-13,15-22,44-46H,14,23-31H2,1-5H3,(H,56,61)(H,59,60)(H3,54,55,57)/t46-/m0/s1. The number of benzene rings is 5. The third kappa shape index (κ3) is 10.3. The van der Waals surface area contributed by atoms with Crippen molar-refractivity contribution in [1.29, 1.82) is 5.41 Å². The van der Waals surface area contributed by atoms with Crippen molar-refractivity contribution >= 4 is 34.1 Å². The molecule has 16 heteroatoms. The zero-order valence-corrected chi connectivity index (χ0v) is 40.3. The number of fused-ring (bicyclic) bond motifs is 7. The molecule has 0 radical (unpaired) electrons. The highest BCUT2D eigenvalue weighted by molar-refractivity contribution is 7.90. The number of nitrogens with zero attached hydrogens (tertiary/aromatic N) is 1. The van der Waals surface area contributed by atoms with E-state index in [1.54, 1.807) is 13.8 Å². The van der Waals surface area contributed by atoms with Crippen molar-refractivity contribution in [3.8, 4) is 28.0 Å². The number of nitrogens with one attached hydrogen (secondary N) is 4. The highest BCUT2D eigenvalue weighted by Crippen LogP contribution is 2.46. The minimum Gasteiger partial charge on any atom is -0.487 e. The van der Waals surface area contributed by atoms with Gasteiger partial charge in [0.2, 0.25) is 5.96 Å². The van der Waals surface area contributed by atoms with Crippen LogP contribution in [-0.4, -0.2) is 100 Å². The Hall–Kier alpha value is -6.91. The molecule has 1 heterocycles. The van der Waals surface area contributed by atoms with Crippen LogP contribution in [0.15, 0.2) is 102 Å². The van der Waals surface area contributed by atoms with E-state index in [9.17, 15) is 27.9 Å². The number of alkyl carbamates (subject to hydrolysis) is 1. The van der Waals surface area contributed by atoms with Gasteiger partial charge in [0.05, 0.1) is 18.1 Å². The Balaban J connectivity index is 0.867. The van der Waals surface area contributed by atoms with Gasteiger partial charge in [-0.25, -0.2) is 27.5 Å². The number of aliphatic carboxylic acids is 1. The van der Waals surface area contributed by atoms with Gasteiger partial charge < -0.3 is 34.7 Å². The molecule has 362 valence electrons. The monoisotopic (exact) mass is 957 g/mol. The Labute approximate surface area is 403 Å². The molecule has 1 atom stereocenters. The van der Waals surface area contributed by atoms with Crippen LogP contribution in [0, 0.1) is 26.2 Å². The first-order valence-corrected chi connectivity index (χ1v) is 24.7. The zero-order valence-electron chi connectivity index (χ0n) is 39.5. The van der Waals surface area contributed by atoms with Gasteiger partial charge in [-0.05, 0) is 109 Å². The molecule has 15 nitrogen and oxygen atoms in total. The first-order chi connectivity index (χ1) is 33.1. The smallest absolute Gasteiger partial charge is 0.410 e. The first-order valence-electron chi connectivity index (χ1n) is 23.2. The molecule has 8 rings (SSSR count). The molecular weight excluding hydrogens is 899 g/mol. The van der Waals surface area contributed by atoms with Gasteiger partial charge in [-0.3, -0.25) is 10.3 Å². The highest BCUT2D eigenvalue weighted by Gasteiger charge is 2.38. The summed E-state index contributed by atoms with van der Waals surface area (Å²) in [5.74, 6) is -1.43. The summed E-state index contributed by atoms with van der Waals surface area (Å²) in [5, 5.41) is 24.5. The van der Waals surface area contributed by atoms with E-state index in [-0.39, 0.29) is 75.6 Å². The van der Waals surface area contributed by atoms with E-state index in [2.05, 4.69) is 27.5 Å². The maximum atomic E-state index is 14.0. The van der Waals surface area contributed by atoms with Gasteiger partial charge in [0.25, 0.3) is 10.0 Å². The predicted molar refractivity (Wildman–Crippen MR) is 261 cm³/mol. The van der Waals surface area contributed by atoms with Gasteiger partial charge >= 0.3 is 18.2 Å². The van der Waals surface area contributed by atoms with Crippen molar-refractivity contribution in [2.75, 3.05) is 46.1 Å².